The van der Waals surface area contributed by atoms with Crippen LogP contribution in [-0.4, -0.2) is 40.8 Å². The highest BCUT2D eigenvalue weighted by molar-refractivity contribution is 6.58. The molecule has 0 amide bonds. The van der Waals surface area contributed by atoms with Gasteiger partial charge in [0, 0.05) is 5.46 Å². The van der Waals surface area contributed by atoms with Crippen molar-refractivity contribution in [2.75, 3.05) is 11.9 Å². The number of nitrogens with one attached hydrogen (secondary N) is 1. The molecular formula is C12H18BFN2O4. The van der Waals surface area contributed by atoms with E-state index in [1.165, 1.54) is 18.2 Å². The summed E-state index contributed by atoms with van der Waals surface area (Å²) in [6.07, 6.45) is 1.59. The molecule has 0 fully saturated rings. The summed E-state index contributed by atoms with van der Waals surface area (Å²) < 4.78 is 13.9. The highest BCUT2D eigenvalue weighted by Crippen LogP contribution is 2.15. The smallest absolute Gasteiger partial charge is 0.480 e. The van der Waals surface area contributed by atoms with Gasteiger partial charge in [-0.05, 0) is 31.9 Å². The lowest BCUT2D eigenvalue weighted by Gasteiger charge is -2.17. The normalized spacial score (nSPS) is 12.0. The lowest BCUT2D eigenvalue weighted by Crippen LogP contribution is -2.35. The third kappa shape index (κ3) is 4.48. The van der Waals surface area contributed by atoms with Gasteiger partial charge in [-0.1, -0.05) is 12.1 Å². The van der Waals surface area contributed by atoms with Gasteiger partial charge < -0.3 is 26.2 Å². The minimum Gasteiger partial charge on any atom is -0.480 e. The second-order valence-corrected chi connectivity index (χ2v) is 4.40. The van der Waals surface area contributed by atoms with E-state index in [2.05, 4.69) is 5.32 Å². The first-order chi connectivity index (χ1) is 9.47. The Hall–Kier alpha value is -1.64. The van der Waals surface area contributed by atoms with Crippen LogP contribution in [0.1, 0.15) is 19.3 Å². The number of carboxylic acids is 1. The molecule has 0 saturated carbocycles. The highest BCUT2D eigenvalue weighted by atomic mass is 19.1. The van der Waals surface area contributed by atoms with Crippen molar-refractivity contribution in [2.24, 2.45) is 5.73 Å². The molecule has 1 atom stereocenters. The first kappa shape index (κ1) is 16.4. The number of carbonyl (C=O) groups is 1. The lowest BCUT2D eigenvalue weighted by atomic mass is 9.79. The fourth-order valence-electron chi connectivity index (χ4n) is 1.80. The number of hydrogen-bond donors (Lipinski definition) is 5. The Morgan fingerprint density at radius 2 is 2.10 bits per heavy atom. The number of benzene rings is 1. The zero-order valence-corrected chi connectivity index (χ0v) is 10.9. The van der Waals surface area contributed by atoms with Crippen molar-refractivity contribution < 1.29 is 24.3 Å². The van der Waals surface area contributed by atoms with Crippen molar-refractivity contribution in [3.63, 3.8) is 0 Å². The Morgan fingerprint density at radius 1 is 1.40 bits per heavy atom. The van der Waals surface area contributed by atoms with Crippen LogP contribution in [-0.2, 0) is 4.79 Å². The maximum atomic E-state index is 13.9. The molecule has 1 aromatic rings. The quantitative estimate of drug-likeness (QED) is 0.324. The zero-order chi connectivity index (χ0) is 15.1. The lowest BCUT2D eigenvalue weighted by molar-refractivity contribution is -0.138. The van der Waals surface area contributed by atoms with Crippen LogP contribution in [0.3, 0.4) is 0 Å². The van der Waals surface area contributed by atoms with Crippen LogP contribution in [0.2, 0.25) is 0 Å². The molecule has 110 valence electrons. The van der Waals surface area contributed by atoms with Crippen LogP contribution in [0.25, 0.3) is 0 Å². The Morgan fingerprint density at radius 3 is 2.65 bits per heavy atom. The molecule has 20 heavy (non-hydrogen) atoms. The van der Waals surface area contributed by atoms with Crippen molar-refractivity contribution in [3.05, 3.63) is 24.0 Å². The highest BCUT2D eigenvalue weighted by Gasteiger charge is 2.22. The summed E-state index contributed by atoms with van der Waals surface area (Å²) in [6.45, 7) is 0.465. The molecule has 1 aromatic carbocycles. The van der Waals surface area contributed by atoms with Crippen molar-refractivity contribution >= 4 is 24.2 Å². The Bertz CT molecular complexity index is 459. The summed E-state index contributed by atoms with van der Waals surface area (Å²) in [5.41, 5.74) is 4.96. The van der Waals surface area contributed by atoms with Gasteiger partial charge in [-0.15, -0.1) is 0 Å². The van der Waals surface area contributed by atoms with Crippen molar-refractivity contribution in [1.29, 1.82) is 0 Å². The number of nitrogens with two attached hydrogens (primary N) is 1. The molecule has 6 N–H and O–H groups in total. The molecule has 0 spiro atoms. The third-order valence-corrected chi connectivity index (χ3v) is 2.88. The van der Waals surface area contributed by atoms with E-state index in [0.29, 0.717) is 25.8 Å². The van der Waals surface area contributed by atoms with Crippen LogP contribution in [0, 0.1) is 5.82 Å². The number of halogens is 1. The Labute approximate surface area is 116 Å². The van der Waals surface area contributed by atoms with E-state index in [9.17, 15) is 9.18 Å². The molecule has 0 heterocycles. The maximum absolute atomic E-state index is 13.9. The van der Waals surface area contributed by atoms with Gasteiger partial charge in [0.15, 0.2) is 0 Å². The molecule has 6 nitrogen and oxygen atoms in total. The average Bonchev–Trinajstić information content (AvgIpc) is 2.39. The molecule has 0 bridgehead atoms. The van der Waals surface area contributed by atoms with E-state index in [-0.39, 0.29) is 11.2 Å². The number of unbranched alkanes of at least 4 members (excludes halogenated alkanes) is 1. The summed E-state index contributed by atoms with van der Waals surface area (Å²) >= 11 is 0. The molecule has 0 aliphatic carbocycles. The van der Waals surface area contributed by atoms with Gasteiger partial charge in [-0.25, -0.2) is 9.18 Å². The molecule has 8 heteroatoms. The number of carboxylic acid groups (broad SMARTS) is 1. The summed E-state index contributed by atoms with van der Waals surface area (Å²) in [5.74, 6) is -1.97. The van der Waals surface area contributed by atoms with E-state index in [0.717, 1.165) is 0 Å². The summed E-state index contributed by atoms with van der Waals surface area (Å²) in [5, 5.41) is 29.7. The van der Waals surface area contributed by atoms with E-state index < -0.39 is 24.9 Å². The van der Waals surface area contributed by atoms with E-state index in [1.807, 2.05) is 0 Å². The van der Waals surface area contributed by atoms with Crippen molar-refractivity contribution in [3.8, 4) is 0 Å². The van der Waals surface area contributed by atoms with Crippen LogP contribution in [0.4, 0.5) is 10.1 Å². The van der Waals surface area contributed by atoms with Gasteiger partial charge in [0.2, 0.25) is 0 Å². The Balaban J connectivity index is 2.83. The van der Waals surface area contributed by atoms with Crippen LogP contribution in [0.15, 0.2) is 18.2 Å². The summed E-state index contributed by atoms with van der Waals surface area (Å²) in [4.78, 5) is 11.1. The first-order valence-electron chi connectivity index (χ1n) is 6.31. The molecule has 1 rings (SSSR count). The third-order valence-electron chi connectivity index (χ3n) is 2.88. The molecule has 0 radical (unpaired) electrons. The molecule has 0 aliphatic heterocycles. The molecule has 0 aromatic heterocycles. The Kier molecular flexibility index (Phi) is 6.43. The fourth-order valence-corrected chi connectivity index (χ4v) is 1.80. The average molecular weight is 284 g/mol. The molecule has 0 aliphatic rings. The van der Waals surface area contributed by atoms with E-state index >= 15 is 0 Å². The maximum Gasteiger partial charge on any atom is 0.491 e. The van der Waals surface area contributed by atoms with Crippen LogP contribution in [0.5, 0.6) is 0 Å². The SMILES string of the molecule is NCCCC[C@H](Nc1cccc(B(O)O)c1F)C(=O)O. The van der Waals surface area contributed by atoms with Gasteiger partial charge >= 0.3 is 13.1 Å². The number of rotatable bonds is 8. The van der Waals surface area contributed by atoms with Crippen molar-refractivity contribution in [2.45, 2.75) is 25.3 Å². The number of hydrogen-bond acceptors (Lipinski definition) is 5. The van der Waals surface area contributed by atoms with Gasteiger partial charge in [-0.2, -0.15) is 0 Å². The van der Waals surface area contributed by atoms with Crippen molar-refractivity contribution in [1.82, 2.24) is 0 Å². The minimum atomic E-state index is -1.95. The predicted octanol–water partition coefficient (Wildman–Crippen LogP) is -0.500. The first-order valence-corrected chi connectivity index (χ1v) is 6.31. The molecule has 0 unspecified atom stereocenters. The fraction of sp³-hybridized carbons (Fsp3) is 0.417. The molecule has 0 saturated heterocycles. The summed E-state index contributed by atoms with van der Waals surface area (Å²) in [7, 11) is -1.95. The van der Waals surface area contributed by atoms with E-state index in [1.54, 1.807) is 0 Å². The zero-order valence-electron chi connectivity index (χ0n) is 10.9. The predicted molar refractivity (Wildman–Crippen MR) is 74.2 cm³/mol. The largest absolute Gasteiger partial charge is 0.491 e. The van der Waals surface area contributed by atoms with Gasteiger partial charge in [0.25, 0.3) is 0 Å². The van der Waals surface area contributed by atoms with Gasteiger partial charge in [0.1, 0.15) is 11.9 Å². The minimum absolute atomic E-state index is 0.0734. The second-order valence-electron chi connectivity index (χ2n) is 4.40. The van der Waals surface area contributed by atoms with E-state index in [4.69, 9.17) is 20.9 Å². The van der Waals surface area contributed by atoms with Crippen LogP contribution >= 0.6 is 0 Å². The number of aliphatic carboxylic acids is 1. The monoisotopic (exact) mass is 284 g/mol. The topological polar surface area (TPSA) is 116 Å². The standard InChI is InChI=1S/C12H18BFN2O4/c14-11-8(13(19)20)4-3-6-9(11)16-10(12(17)18)5-1-2-7-15/h3-4,6,10,16,19-20H,1-2,5,7,15H2,(H,17,18)/t10-/m0/s1. The van der Waals surface area contributed by atoms with Gasteiger partial charge in [-0.3, -0.25) is 0 Å². The summed E-state index contributed by atoms with van der Waals surface area (Å²) in [6, 6.07) is 3.02. The second kappa shape index (κ2) is 7.83. The van der Waals surface area contributed by atoms with Crippen LogP contribution < -0.4 is 16.5 Å². The number of anilines is 1. The molecular weight excluding hydrogens is 266 g/mol. The van der Waals surface area contributed by atoms with Gasteiger partial charge in [0.05, 0.1) is 5.69 Å².